The number of hydrogen-bond donors (Lipinski definition) is 2. The first-order valence-corrected chi connectivity index (χ1v) is 12.3. The number of aromatic nitrogens is 2. The Morgan fingerprint density at radius 1 is 1.28 bits per heavy atom. The van der Waals surface area contributed by atoms with Gasteiger partial charge in [0.25, 0.3) is 10.0 Å². The number of anilines is 1. The highest BCUT2D eigenvalue weighted by molar-refractivity contribution is 7.94. The zero-order valence-electron chi connectivity index (χ0n) is 16.3. The Morgan fingerprint density at radius 3 is 2.69 bits per heavy atom. The molecule has 4 rings (SSSR count). The number of aliphatic hydroxyl groups excluding tert-OH is 1. The quantitative estimate of drug-likeness (QED) is 0.449. The van der Waals surface area contributed by atoms with Crippen molar-refractivity contribution in [3.8, 4) is 10.7 Å². The van der Waals surface area contributed by atoms with Crippen LogP contribution in [0.4, 0.5) is 5.69 Å². The van der Waals surface area contributed by atoms with Crippen LogP contribution >= 0.6 is 22.7 Å². The zero-order chi connectivity index (χ0) is 20.8. The monoisotopic (exact) mass is 447 g/mol. The molecule has 29 heavy (non-hydrogen) atoms. The Hall–Kier alpha value is -2.20. The van der Waals surface area contributed by atoms with Gasteiger partial charge in [-0.05, 0) is 55.5 Å². The fraction of sp³-hybridized carbons (Fsp3) is 0.250. The normalized spacial score (nSPS) is 12.0. The van der Waals surface area contributed by atoms with Gasteiger partial charge in [-0.15, -0.1) is 22.7 Å². The number of H-pyrrole nitrogens is 1. The van der Waals surface area contributed by atoms with Gasteiger partial charge in [-0.25, -0.2) is 13.4 Å². The summed E-state index contributed by atoms with van der Waals surface area (Å²) < 4.78 is 28.3. The molecule has 0 radical (unpaired) electrons. The smallest absolute Gasteiger partial charge is 0.273 e. The highest BCUT2D eigenvalue weighted by Gasteiger charge is 2.27. The first-order chi connectivity index (χ1) is 13.9. The molecule has 0 bridgehead atoms. The Kier molecular flexibility index (Phi) is 5.24. The molecule has 0 atom stereocenters. The molecule has 0 amide bonds. The van der Waals surface area contributed by atoms with E-state index in [-0.39, 0.29) is 6.61 Å². The molecule has 0 saturated heterocycles. The average molecular weight is 448 g/mol. The minimum Gasteiger partial charge on any atom is -0.391 e. The number of thiazole rings is 1. The maximum Gasteiger partial charge on any atom is 0.273 e. The lowest BCUT2D eigenvalue weighted by Crippen LogP contribution is -2.30. The summed E-state index contributed by atoms with van der Waals surface area (Å²) in [6.45, 7) is 6.13. The number of aryl methyl sites for hydroxylation is 2. The summed E-state index contributed by atoms with van der Waals surface area (Å²) in [5.41, 5.74) is 4.32. The van der Waals surface area contributed by atoms with Crippen LogP contribution in [0, 0.1) is 13.8 Å². The van der Waals surface area contributed by atoms with Gasteiger partial charge >= 0.3 is 0 Å². The third kappa shape index (κ3) is 3.38. The lowest BCUT2D eigenvalue weighted by Gasteiger charge is -2.24. The van der Waals surface area contributed by atoms with E-state index < -0.39 is 10.0 Å². The van der Waals surface area contributed by atoms with Crippen LogP contribution in [0.3, 0.4) is 0 Å². The van der Waals surface area contributed by atoms with E-state index in [0.717, 1.165) is 37.6 Å². The van der Waals surface area contributed by atoms with E-state index >= 15 is 0 Å². The van der Waals surface area contributed by atoms with E-state index in [1.807, 2.05) is 32.9 Å². The summed E-state index contributed by atoms with van der Waals surface area (Å²) >= 11 is 2.63. The Bertz CT molecular complexity index is 1270. The molecule has 0 aliphatic rings. The lowest BCUT2D eigenvalue weighted by molar-refractivity contribution is 0.285. The predicted molar refractivity (Wildman–Crippen MR) is 119 cm³/mol. The summed E-state index contributed by atoms with van der Waals surface area (Å²) in [7, 11) is -3.65. The van der Waals surface area contributed by atoms with Crippen molar-refractivity contribution in [1.29, 1.82) is 0 Å². The SMILES string of the molecule is CCN(c1cc(C)c(C)c2cc(-c3ncc(CO)s3)[nH]c12)S(=O)(=O)c1cccs1. The standard InChI is InChI=1S/C20H21N3O3S3/c1-4-23(29(25,26)18-6-5-7-27-18)17-8-12(2)13(3)15-9-16(22-19(15)17)20-21-10-14(11-24)28-20/h5-10,22,24H,4,11H2,1-3H3. The lowest BCUT2D eigenvalue weighted by atomic mass is 10.0. The molecule has 0 fully saturated rings. The van der Waals surface area contributed by atoms with E-state index in [1.165, 1.54) is 27.0 Å². The van der Waals surface area contributed by atoms with Crippen molar-refractivity contribution in [2.45, 2.75) is 31.6 Å². The molecule has 3 aromatic heterocycles. The second kappa shape index (κ2) is 7.56. The average Bonchev–Trinajstić information content (AvgIpc) is 3.46. The van der Waals surface area contributed by atoms with Gasteiger partial charge in [-0.3, -0.25) is 4.31 Å². The first-order valence-electron chi connectivity index (χ1n) is 9.12. The van der Waals surface area contributed by atoms with E-state index in [9.17, 15) is 13.5 Å². The molecule has 1 aromatic carbocycles. The van der Waals surface area contributed by atoms with Crippen molar-refractivity contribution in [3.05, 3.63) is 51.8 Å². The number of nitrogens with one attached hydrogen (secondary N) is 1. The number of thiophene rings is 1. The molecule has 0 aliphatic heterocycles. The number of fused-ring (bicyclic) bond motifs is 1. The van der Waals surface area contributed by atoms with Gasteiger partial charge in [-0.2, -0.15) is 0 Å². The van der Waals surface area contributed by atoms with Crippen molar-refractivity contribution in [2.24, 2.45) is 0 Å². The van der Waals surface area contributed by atoms with Gasteiger partial charge in [0.05, 0.1) is 28.4 Å². The zero-order valence-corrected chi connectivity index (χ0v) is 18.7. The second-order valence-electron chi connectivity index (χ2n) is 6.70. The molecule has 9 heteroatoms. The molecule has 3 heterocycles. The van der Waals surface area contributed by atoms with E-state index in [4.69, 9.17) is 0 Å². The number of nitrogens with zero attached hydrogens (tertiary/aromatic N) is 2. The fourth-order valence-corrected chi connectivity index (χ4v) is 6.68. The molecule has 0 aliphatic carbocycles. The van der Waals surface area contributed by atoms with Crippen LogP contribution in [0.5, 0.6) is 0 Å². The summed E-state index contributed by atoms with van der Waals surface area (Å²) in [5, 5.41) is 12.8. The summed E-state index contributed by atoms with van der Waals surface area (Å²) in [4.78, 5) is 8.55. The van der Waals surface area contributed by atoms with Crippen molar-refractivity contribution < 1.29 is 13.5 Å². The third-order valence-corrected chi connectivity index (χ3v) is 9.23. The van der Waals surface area contributed by atoms with Gasteiger partial charge < -0.3 is 10.1 Å². The molecule has 0 spiro atoms. The maximum atomic E-state index is 13.3. The summed E-state index contributed by atoms with van der Waals surface area (Å²) in [6.07, 6.45) is 1.66. The number of aliphatic hydroxyl groups is 1. The fourth-order valence-electron chi connectivity index (χ4n) is 3.36. The molecule has 152 valence electrons. The number of benzene rings is 1. The van der Waals surface area contributed by atoms with E-state index in [1.54, 1.807) is 23.7 Å². The highest BCUT2D eigenvalue weighted by Crippen LogP contribution is 2.38. The Balaban J connectivity index is 1.93. The first kappa shape index (κ1) is 20.1. The van der Waals surface area contributed by atoms with Crippen LogP contribution in [0.25, 0.3) is 21.6 Å². The highest BCUT2D eigenvalue weighted by atomic mass is 32.2. The van der Waals surface area contributed by atoms with Crippen LogP contribution in [-0.2, 0) is 16.6 Å². The van der Waals surface area contributed by atoms with Crippen LogP contribution in [0.1, 0.15) is 22.9 Å². The van der Waals surface area contributed by atoms with Crippen LogP contribution < -0.4 is 4.31 Å². The molecule has 2 N–H and O–H groups in total. The predicted octanol–water partition coefficient (Wildman–Crippen LogP) is 4.68. The molecule has 6 nitrogen and oxygen atoms in total. The minimum absolute atomic E-state index is 0.0516. The van der Waals surface area contributed by atoms with Crippen molar-refractivity contribution >= 4 is 49.3 Å². The third-order valence-electron chi connectivity index (χ3n) is 4.96. The van der Waals surface area contributed by atoms with Crippen molar-refractivity contribution in [2.75, 3.05) is 10.8 Å². The topological polar surface area (TPSA) is 86.3 Å². The maximum absolute atomic E-state index is 13.3. The van der Waals surface area contributed by atoms with Crippen LogP contribution in [-0.4, -0.2) is 30.0 Å². The van der Waals surface area contributed by atoms with E-state index in [2.05, 4.69) is 9.97 Å². The van der Waals surface area contributed by atoms with Gasteiger partial charge in [0, 0.05) is 18.1 Å². The van der Waals surface area contributed by atoms with E-state index in [0.29, 0.717) is 16.4 Å². The second-order valence-corrected chi connectivity index (χ2v) is 10.9. The summed E-state index contributed by atoms with van der Waals surface area (Å²) in [5.74, 6) is 0. The van der Waals surface area contributed by atoms with Crippen LogP contribution in [0.15, 0.2) is 40.1 Å². The Morgan fingerprint density at radius 2 is 2.07 bits per heavy atom. The number of rotatable bonds is 6. The van der Waals surface area contributed by atoms with Crippen molar-refractivity contribution in [1.82, 2.24) is 9.97 Å². The van der Waals surface area contributed by atoms with Gasteiger partial charge in [0.15, 0.2) is 0 Å². The van der Waals surface area contributed by atoms with Gasteiger partial charge in [-0.1, -0.05) is 6.07 Å². The molecular formula is C20H21N3O3S3. The van der Waals surface area contributed by atoms with Crippen LogP contribution in [0.2, 0.25) is 0 Å². The van der Waals surface area contributed by atoms with Gasteiger partial charge in [0.1, 0.15) is 9.22 Å². The molecule has 0 saturated carbocycles. The number of hydrogen-bond acceptors (Lipinski definition) is 6. The molecule has 0 unspecified atom stereocenters. The molecular weight excluding hydrogens is 426 g/mol. The van der Waals surface area contributed by atoms with Crippen molar-refractivity contribution in [3.63, 3.8) is 0 Å². The minimum atomic E-state index is -3.65. The number of aromatic amines is 1. The largest absolute Gasteiger partial charge is 0.391 e. The molecule has 4 aromatic rings. The number of sulfonamides is 1. The Labute approximate surface area is 177 Å². The van der Waals surface area contributed by atoms with Gasteiger partial charge in [0.2, 0.25) is 0 Å². The summed E-state index contributed by atoms with van der Waals surface area (Å²) in [6, 6.07) is 7.31.